The van der Waals surface area contributed by atoms with Crippen LogP contribution >= 0.6 is 24.0 Å². The number of nitrogens with one attached hydrogen (secondary N) is 3. The first kappa shape index (κ1) is 25.4. The number of hydrogen-bond acceptors (Lipinski definition) is 3. The van der Waals surface area contributed by atoms with E-state index in [1.165, 1.54) is 12.6 Å². The number of halogens is 1. The summed E-state index contributed by atoms with van der Waals surface area (Å²) in [4.78, 5) is 4.85. The standard InChI is InChI=1S/C21H30N4O2S.HI/c1-5-23-20(25-16-21(2,3)18-11-7-6-8-12-18)24-15-17-10-9-13-19(14-17)28(26,27)22-4;/h6-14,22H,5,15-16H2,1-4H3,(H2,23,24,25);1H. The Hall–Kier alpha value is -1.65. The van der Waals surface area contributed by atoms with Crippen LogP contribution in [0.3, 0.4) is 0 Å². The maximum Gasteiger partial charge on any atom is 0.240 e. The Kier molecular flexibility index (Phi) is 10.1. The fraction of sp³-hybridized carbons (Fsp3) is 0.381. The van der Waals surface area contributed by atoms with Gasteiger partial charge in [0.1, 0.15) is 0 Å². The molecule has 0 unspecified atom stereocenters. The number of hydrogen-bond donors (Lipinski definition) is 3. The molecule has 160 valence electrons. The lowest BCUT2D eigenvalue weighted by Crippen LogP contribution is -2.43. The summed E-state index contributed by atoms with van der Waals surface area (Å²) in [7, 11) is -2.05. The Morgan fingerprint density at radius 3 is 2.34 bits per heavy atom. The van der Waals surface area contributed by atoms with Crippen molar-refractivity contribution in [3.05, 3.63) is 65.7 Å². The SMILES string of the molecule is CCNC(=NCc1cccc(S(=O)(=O)NC)c1)NCC(C)(C)c1ccccc1.I. The largest absolute Gasteiger partial charge is 0.357 e. The van der Waals surface area contributed by atoms with Gasteiger partial charge in [0, 0.05) is 18.5 Å². The molecule has 0 fully saturated rings. The van der Waals surface area contributed by atoms with Crippen LogP contribution in [0.15, 0.2) is 64.5 Å². The lowest BCUT2D eigenvalue weighted by Gasteiger charge is -2.26. The summed E-state index contributed by atoms with van der Waals surface area (Å²) in [6.45, 7) is 8.23. The van der Waals surface area contributed by atoms with Crippen LogP contribution < -0.4 is 15.4 Å². The van der Waals surface area contributed by atoms with Crippen LogP contribution in [0.1, 0.15) is 31.9 Å². The molecule has 0 spiro atoms. The third kappa shape index (κ3) is 7.60. The zero-order valence-corrected chi connectivity index (χ0v) is 20.5. The molecule has 0 amide bonds. The molecule has 0 atom stereocenters. The van der Waals surface area contributed by atoms with Gasteiger partial charge < -0.3 is 10.6 Å². The third-order valence-electron chi connectivity index (χ3n) is 4.49. The number of guanidine groups is 1. The number of rotatable bonds is 8. The molecule has 8 heteroatoms. The molecule has 0 saturated carbocycles. The van der Waals surface area contributed by atoms with Gasteiger partial charge in [0.2, 0.25) is 10.0 Å². The predicted octanol–water partition coefficient (Wildman–Crippen LogP) is 3.25. The van der Waals surface area contributed by atoms with E-state index in [9.17, 15) is 8.42 Å². The van der Waals surface area contributed by atoms with Crippen molar-refractivity contribution in [1.29, 1.82) is 0 Å². The first-order valence-corrected chi connectivity index (χ1v) is 10.9. The van der Waals surface area contributed by atoms with Crippen LogP contribution in [-0.2, 0) is 22.0 Å². The molecule has 2 aromatic rings. The van der Waals surface area contributed by atoms with Gasteiger partial charge in [-0.05, 0) is 37.2 Å². The molecular weight excluding hydrogens is 499 g/mol. The second kappa shape index (κ2) is 11.5. The van der Waals surface area contributed by atoms with Gasteiger partial charge in [-0.3, -0.25) is 0 Å². The van der Waals surface area contributed by atoms with Crippen LogP contribution in [0.4, 0.5) is 0 Å². The van der Waals surface area contributed by atoms with Gasteiger partial charge >= 0.3 is 0 Å². The monoisotopic (exact) mass is 530 g/mol. The maximum absolute atomic E-state index is 12.0. The second-order valence-electron chi connectivity index (χ2n) is 7.15. The number of aliphatic imine (C=N–C) groups is 1. The van der Waals surface area contributed by atoms with Crippen molar-refractivity contribution in [3.63, 3.8) is 0 Å². The molecular formula is C21H31IN4O2S. The highest BCUT2D eigenvalue weighted by Crippen LogP contribution is 2.21. The van der Waals surface area contributed by atoms with E-state index in [-0.39, 0.29) is 34.3 Å². The Balaban J connectivity index is 0.00000420. The lowest BCUT2D eigenvalue weighted by molar-refractivity contribution is 0.508. The van der Waals surface area contributed by atoms with E-state index in [1.54, 1.807) is 18.2 Å². The van der Waals surface area contributed by atoms with Crippen molar-refractivity contribution in [3.8, 4) is 0 Å². The molecule has 3 N–H and O–H groups in total. The highest BCUT2D eigenvalue weighted by Gasteiger charge is 2.20. The summed E-state index contributed by atoms with van der Waals surface area (Å²) < 4.78 is 26.3. The zero-order chi connectivity index (χ0) is 20.6. The van der Waals surface area contributed by atoms with Crippen LogP contribution in [0, 0.1) is 0 Å². The quantitative estimate of drug-likeness (QED) is 0.278. The molecule has 0 saturated heterocycles. The van der Waals surface area contributed by atoms with E-state index in [1.807, 2.05) is 31.2 Å². The minimum absolute atomic E-state index is 0. The first-order valence-electron chi connectivity index (χ1n) is 9.38. The molecule has 0 heterocycles. The van der Waals surface area contributed by atoms with Crippen molar-refractivity contribution >= 4 is 40.0 Å². The van der Waals surface area contributed by atoms with Crippen molar-refractivity contribution in [2.75, 3.05) is 20.1 Å². The fourth-order valence-electron chi connectivity index (χ4n) is 2.74. The normalized spacial score (nSPS) is 12.2. The van der Waals surface area contributed by atoms with Crippen LogP contribution in [-0.4, -0.2) is 34.5 Å². The Labute approximate surface area is 191 Å². The van der Waals surface area contributed by atoms with Gasteiger partial charge in [-0.25, -0.2) is 18.1 Å². The van der Waals surface area contributed by atoms with E-state index in [0.717, 1.165) is 18.7 Å². The van der Waals surface area contributed by atoms with Gasteiger partial charge in [0.15, 0.2) is 5.96 Å². The summed E-state index contributed by atoms with van der Waals surface area (Å²) in [6.07, 6.45) is 0. The van der Waals surface area contributed by atoms with Crippen LogP contribution in [0.2, 0.25) is 0 Å². The Morgan fingerprint density at radius 2 is 1.72 bits per heavy atom. The van der Waals surface area contributed by atoms with E-state index < -0.39 is 10.0 Å². The highest BCUT2D eigenvalue weighted by atomic mass is 127. The zero-order valence-electron chi connectivity index (χ0n) is 17.4. The van der Waals surface area contributed by atoms with Crippen molar-refractivity contribution in [2.24, 2.45) is 4.99 Å². The van der Waals surface area contributed by atoms with Crippen molar-refractivity contribution < 1.29 is 8.42 Å². The van der Waals surface area contributed by atoms with Gasteiger partial charge in [-0.1, -0.05) is 56.3 Å². The predicted molar refractivity (Wildman–Crippen MR) is 130 cm³/mol. The van der Waals surface area contributed by atoms with Crippen LogP contribution in [0.5, 0.6) is 0 Å². The molecule has 0 aliphatic heterocycles. The van der Waals surface area contributed by atoms with Crippen molar-refractivity contribution in [2.45, 2.75) is 37.6 Å². The topological polar surface area (TPSA) is 82.6 Å². The Bertz CT molecular complexity index is 900. The van der Waals surface area contributed by atoms with E-state index in [4.69, 9.17) is 0 Å². The van der Waals surface area contributed by atoms with E-state index in [2.05, 4.69) is 46.3 Å². The highest BCUT2D eigenvalue weighted by molar-refractivity contribution is 14.0. The number of sulfonamides is 1. The molecule has 0 aromatic heterocycles. The van der Waals surface area contributed by atoms with E-state index in [0.29, 0.717) is 12.5 Å². The average Bonchev–Trinajstić information content (AvgIpc) is 2.71. The summed E-state index contributed by atoms with van der Waals surface area (Å²) >= 11 is 0. The molecule has 0 radical (unpaired) electrons. The minimum Gasteiger partial charge on any atom is -0.357 e. The molecule has 29 heavy (non-hydrogen) atoms. The summed E-state index contributed by atoms with van der Waals surface area (Å²) in [5.74, 6) is 0.702. The van der Waals surface area contributed by atoms with Gasteiger partial charge in [0.05, 0.1) is 11.4 Å². The minimum atomic E-state index is -3.46. The lowest BCUT2D eigenvalue weighted by atomic mass is 9.85. The van der Waals surface area contributed by atoms with E-state index >= 15 is 0 Å². The fourth-order valence-corrected chi connectivity index (χ4v) is 3.54. The Morgan fingerprint density at radius 1 is 1.03 bits per heavy atom. The first-order chi connectivity index (χ1) is 13.3. The van der Waals surface area contributed by atoms with Crippen molar-refractivity contribution in [1.82, 2.24) is 15.4 Å². The summed E-state index contributed by atoms with van der Waals surface area (Å²) in [5.41, 5.74) is 2.03. The van der Waals surface area contributed by atoms with Gasteiger partial charge in [-0.15, -0.1) is 24.0 Å². The number of nitrogens with zero attached hydrogens (tertiary/aromatic N) is 1. The molecule has 0 aliphatic rings. The molecule has 0 aliphatic carbocycles. The second-order valence-corrected chi connectivity index (χ2v) is 9.04. The molecule has 2 aromatic carbocycles. The van der Waals surface area contributed by atoms with Gasteiger partial charge in [0.25, 0.3) is 0 Å². The summed E-state index contributed by atoms with van der Waals surface area (Å²) in [5, 5.41) is 6.64. The summed E-state index contributed by atoms with van der Waals surface area (Å²) in [6, 6.07) is 17.2. The molecule has 6 nitrogen and oxygen atoms in total. The smallest absolute Gasteiger partial charge is 0.240 e. The maximum atomic E-state index is 12.0. The van der Waals surface area contributed by atoms with Gasteiger partial charge in [-0.2, -0.15) is 0 Å². The number of benzene rings is 2. The third-order valence-corrected chi connectivity index (χ3v) is 5.91. The molecule has 2 rings (SSSR count). The molecule has 0 bridgehead atoms. The average molecular weight is 530 g/mol. The van der Waals surface area contributed by atoms with Crippen LogP contribution in [0.25, 0.3) is 0 Å².